The molecule has 0 fully saturated rings. The Bertz CT molecular complexity index is 807. The van der Waals surface area contributed by atoms with Crippen molar-refractivity contribution in [2.24, 2.45) is 5.73 Å². The molecule has 1 aliphatic rings. The number of urea groups is 1. The summed E-state index contributed by atoms with van der Waals surface area (Å²) in [6.45, 7) is 0.536. The molecule has 0 spiro atoms. The summed E-state index contributed by atoms with van der Waals surface area (Å²) in [6, 6.07) is 11.7. The zero-order chi connectivity index (χ0) is 17.8. The van der Waals surface area contributed by atoms with Crippen LogP contribution < -0.4 is 16.4 Å². The highest BCUT2D eigenvalue weighted by atomic mass is 19.1. The van der Waals surface area contributed by atoms with Crippen LogP contribution in [0.5, 0.6) is 0 Å². The van der Waals surface area contributed by atoms with Crippen molar-refractivity contribution < 1.29 is 14.0 Å². The second-order valence-corrected chi connectivity index (χ2v) is 6.16. The van der Waals surface area contributed by atoms with Gasteiger partial charge in [-0.1, -0.05) is 24.3 Å². The van der Waals surface area contributed by atoms with Gasteiger partial charge < -0.3 is 16.4 Å². The minimum atomic E-state index is -0.874. The second-order valence-electron chi connectivity index (χ2n) is 6.16. The summed E-state index contributed by atoms with van der Waals surface area (Å²) in [7, 11) is 0. The number of rotatable bonds is 5. The zero-order valence-electron chi connectivity index (χ0n) is 13.7. The van der Waals surface area contributed by atoms with Crippen LogP contribution in [0.25, 0.3) is 0 Å². The van der Waals surface area contributed by atoms with Crippen LogP contribution in [0.15, 0.2) is 42.5 Å². The fraction of sp³-hybridized carbons (Fsp3) is 0.263. The maximum Gasteiger partial charge on any atom is 0.319 e. The number of anilines is 1. The van der Waals surface area contributed by atoms with Crippen LogP contribution in [0.3, 0.4) is 0 Å². The molecule has 130 valence electrons. The Morgan fingerprint density at radius 3 is 2.80 bits per heavy atom. The maximum atomic E-state index is 13.4. The van der Waals surface area contributed by atoms with Gasteiger partial charge in [-0.25, -0.2) is 9.18 Å². The highest BCUT2D eigenvalue weighted by Crippen LogP contribution is 2.34. The topological polar surface area (TPSA) is 84.2 Å². The van der Waals surface area contributed by atoms with Gasteiger partial charge in [0.2, 0.25) is 0 Å². The minimum absolute atomic E-state index is 0.250. The number of primary amides is 1. The lowest BCUT2D eigenvalue weighted by Gasteiger charge is -2.13. The molecule has 0 radical (unpaired) electrons. The van der Waals surface area contributed by atoms with E-state index in [2.05, 4.69) is 28.8 Å². The highest BCUT2D eigenvalue weighted by Gasteiger charge is 2.21. The molecule has 0 saturated heterocycles. The molecular weight excluding hydrogens is 321 g/mol. The number of nitrogens with one attached hydrogen (secondary N) is 2. The van der Waals surface area contributed by atoms with E-state index >= 15 is 0 Å². The van der Waals surface area contributed by atoms with Gasteiger partial charge in [-0.2, -0.15) is 0 Å². The second kappa shape index (κ2) is 7.34. The van der Waals surface area contributed by atoms with E-state index in [0.29, 0.717) is 18.2 Å². The number of nitrogens with two attached hydrogens (primary N) is 1. The minimum Gasteiger partial charge on any atom is -0.366 e. The van der Waals surface area contributed by atoms with Crippen molar-refractivity contribution in [2.45, 2.75) is 25.2 Å². The van der Waals surface area contributed by atoms with Crippen LogP contribution in [0, 0.1) is 5.82 Å². The predicted molar refractivity (Wildman–Crippen MR) is 94.1 cm³/mol. The van der Waals surface area contributed by atoms with Crippen molar-refractivity contribution >= 4 is 17.6 Å². The molecule has 0 aromatic heterocycles. The first-order valence-corrected chi connectivity index (χ1v) is 8.26. The third-order valence-electron chi connectivity index (χ3n) is 4.53. The van der Waals surface area contributed by atoms with E-state index in [-0.39, 0.29) is 5.56 Å². The van der Waals surface area contributed by atoms with E-state index < -0.39 is 17.8 Å². The number of hydrogen-bond acceptors (Lipinski definition) is 2. The summed E-state index contributed by atoms with van der Waals surface area (Å²) in [5, 5.41) is 5.38. The van der Waals surface area contributed by atoms with Gasteiger partial charge in [0.25, 0.3) is 5.91 Å². The van der Waals surface area contributed by atoms with Gasteiger partial charge in [0.1, 0.15) is 5.82 Å². The first-order chi connectivity index (χ1) is 12.0. The number of amides is 3. The van der Waals surface area contributed by atoms with E-state index in [1.807, 2.05) is 6.07 Å². The standard InChI is InChI=1S/C19H20FN3O2/c20-17-8-7-14(11-16(17)18(21)24)23-19(25)22-10-9-13-6-5-12-3-1-2-4-15(12)13/h1-4,7-8,11,13H,5-6,9-10H2,(H2,21,24)(H2,22,23,25). The fourth-order valence-electron chi connectivity index (χ4n) is 3.27. The molecule has 1 atom stereocenters. The number of benzene rings is 2. The molecule has 4 N–H and O–H groups in total. The van der Waals surface area contributed by atoms with Gasteiger partial charge in [0.05, 0.1) is 5.56 Å². The largest absolute Gasteiger partial charge is 0.366 e. The third kappa shape index (κ3) is 3.96. The molecule has 1 aliphatic carbocycles. The molecule has 0 aliphatic heterocycles. The SMILES string of the molecule is NC(=O)c1cc(NC(=O)NCCC2CCc3ccccc32)ccc1F. The van der Waals surface area contributed by atoms with E-state index in [4.69, 9.17) is 5.73 Å². The maximum absolute atomic E-state index is 13.4. The molecule has 3 rings (SSSR count). The molecule has 1 unspecified atom stereocenters. The summed E-state index contributed by atoms with van der Waals surface area (Å²) >= 11 is 0. The van der Waals surface area contributed by atoms with Gasteiger partial charge in [0.15, 0.2) is 0 Å². The number of fused-ring (bicyclic) bond motifs is 1. The molecule has 25 heavy (non-hydrogen) atoms. The monoisotopic (exact) mass is 341 g/mol. The molecular formula is C19H20FN3O2. The smallest absolute Gasteiger partial charge is 0.319 e. The van der Waals surface area contributed by atoms with Crippen molar-refractivity contribution in [3.05, 3.63) is 65.0 Å². The summed E-state index contributed by atoms with van der Waals surface area (Å²) in [4.78, 5) is 23.1. The molecule has 2 aromatic carbocycles. The number of carbonyl (C=O) groups excluding carboxylic acids is 2. The first-order valence-electron chi connectivity index (χ1n) is 8.26. The van der Waals surface area contributed by atoms with Gasteiger partial charge in [-0.3, -0.25) is 4.79 Å². The summed E-state index contributed by atoms with van der Waals surface area (Å²) in [6.07, 6.45) is 3.04. The molecule has 3 amide bonds. The zero-order valence-corrected chi connectivity index (χ0v) is 13.7. The Morgan fingerprint density at radius 2 is 2.00 bits per heavy atom. The normalized spacial score (nSPS) is 15.5. The molecule has 5 nitrogen and oxygen atoms in total. The lowest BCUT2D eigenvalue weighted by Crippen LogP contribution is -2.30. The molecule has 0 heterocycles. The summed E-state index contributed by atoms with van der Waals surface area (Å²) < 4.78 is 13.4. The van der Waals surface area contributed by atoms with Gasteiger partial charge in [-0.15, -0.1) is 0 Å². The van der Waals surface area contributed by atoms with Crippen molar-refractivity contribution in [1.82, 2.24) is 5.32 Å². The third-order valence-corrected chi connectivity index (χ3v) is 4.53. The van der Waals surface area contributed by atoms with Crippen molar-refractivity contribution in [3.63, 3.8) is 0 Å². The van der Waals surface area contributed by atoms with Crippen LogP contribution in [0.1, 0.15) is 40.2 Å². The number of carbonyl (C=O) groups is 2. The molecule has 0 saturated carbocycles. The van der Waals surface area contributed by atoms with Gasteiger partial charge >= 0.3 is 6.03 Å². The van der Waals surface area contributed by atoms with E-state index in [1.54, 1.807) is 0 Å². The van der Waals surface area contributed by atoms with Crippen molar-refractivity contribution in [1.29, 1.82) is 0 Å². The molecule has 0 bridgehead atoms. The Kier molecular flexibility index (Phi) is 4.97. The number of hydrogen-bond donors (Lipinski definition) is 3. The van der Waals surface area contributed by atoms with Crippen LogP contribution in [-0.4, -0.2) is 18.5 Å². The van der Waals surface area contributed by atoms with E-state index in [9.17, 15) is 14.0 Å². The van der Waals surface area contributed by atoms with E-state index in [0.717, 1.165) is 25.3 Å². The van der Waals surface area contributed by atoms with Crippen molar-refractivity contribution in [2.75, 3.05) is 11.9 Å². The molecule has 6 heteroatoms. The van der Waals surface area contributed by atoms with Crippen LogP contribution in [0.2, 0.25) is 0 Å². The number of aryl methyl sites for hydroxylation is 1. The Labute approximate surface area is 145 Å². The van der Waals surface area contributed by atoms with Crippen LogP contribution in [0.4, 0.5) is 14.9 Å². The predicted octanol–water partition coefficient (Wildman–Crippen LogP) is 3.17. The van der Waals surface area contributed by atoms with Crippen LogP contribution >= 0.6 is 0 Å². The molecule has 2 aromatic rings. The fourth-order valence-corrected chi connectivity index (χ4v) is 3.27. The average Bonchev–Trinajstić information content (AvgIpc) is 3.00. The van der Waals surface area contributed by atoms with Crippen molar-refractivity contribution in [3.8, 4) is 0 Å². The summed E-state index contributed by atoms with van der Waals surface area (Å²) in [5.41, 5.74) is 7.93. The Morgan fingerprint density at radius 1 is 1.20 bits per heavy atom. The first kappa shape index (κ1) is 17.0. The van der Waals surface area contributed by atoms with E-state index in [1.165, 1.54) is 23.3 Å². The average molecular weight is 341 g/mol. The Balaban J connectivity index is 1.51. The van der Waals surface area contributed by atoms with Crippen LogP contribution in [-0.2, 0) is 6.42 Å². The van der Waals surface area contributed by atoms with Gasteiger partial charge in [-0.05, 0) is 54.5 Å². The lowest BCUT2D eigenvalue weighted by molar-refractivity contribution is 0.0996. The highest BCUT2D eigenvalue weighted by molar-refractivity contribution is 5.96. The lowest BCUT2D eigenvalue weighted by atomic mass is 9.98. The van der Waals surface area contributed by atoms with Gasteiger partial charge in [0, 0.05) is 12.2 Å². The Hall–Kier alpha value is -2.89. The quantitative estimate of drug-likeness (QED) is 0.780. The summed E-state index contributed by atoms with van der Waals surface area (Å²) in [5.74, 6) is -1.12. The number of halogens is 1.